The van der Waals surface area contributed by atoms with Crippen molar-refractivity contribution in [2.24, 2.45) is 0 Å². The molecule has 150 valence electrons. The Kier molecular flexibility index (Phi) is 6.63. The zero-order chi connectivity index (χ0) is 20.9. The number of rotatable bonds is 7. The van der Waals surface area contributed by atoms with E-state index < -0.39 is 0 Å². The summed E-state index contributed by atoms with van der Waals surface area (Å²) in [4.78, 5) is 5.04. The highest BCUT2D eigenvalue weighted by Crippen LogP contribution is 2.38. The van der Waals surface area contributed by atoms with Gasteiger partial charge in [-0.1, -0.05) is 108 Å². The maximum absolute atomic E-state index is 6.38. The maximum atomic E-state index is 6.38. The average Bonchev–Trinajstić information content (AvgIpc) is 3.13. The first-order chi connectivity index (χ1) is 14.7. The number of aromatic nitrogens is 2. The van der Waals surface area contributed by atoms with Gasteiger partial charge < -0.3 is 4.57 Å². The third kappa shape index (κ3) is 4.34. The van der Waals surface area contributed by atoms with Crippen LogP contribution in [-0.4, -0.2) is 9.55 Å². The summed E-state index contributed by atoms with van der Waals surface area (Å²) < 4.78 is 2.21. The minimum atomic E-state index is 0.634. The molecule has 0 aliphatic carbocycles. The Balaban J connectivity index is 1.82. The van der Waals surface area contributed by atoms with Gasteiger partial charge >= 0.3 is 0 Å². The normalized spacial score (nSPS) is 10.9. The summed E-state index contributed by atoms with van der Waals surface area (Å²) in [5, 5.41) is 2.25. The fourth-order valence-corrected chi connectivity index (χ4v) is 5.09. The molecule has 0 radical (unpaired) electrons. The minimum absolute atomic E-state index is 0.634. The highest BCUT2D eigenvalue weighted by atomic mass is 35.5. The van der Waals surface area contributed by atoms with E-state index in [4.69, 9.17) is 28.2 Å². The van der Waals surface area contributed by atoms with Crippen LogP contribution in [0.1, 0.15) is 5.56 Å². The van der Waals surface area contributed by atoms with E-state index in [2.05, 4.69) is 35.4 Å². The molecule has 0 bridgehead atoms. The molecule has 0 saturated heterocycles. The first-order valence-corrected chi connectivity index (χ1v) is 11.3. The molecule has 4 rings (SSSR count). The molecule has 0 atom stereocenters. The van der Waals surface area contributed by atoms with Crippen LogP contribution in [0.2, 0.25) is 10.0 Å². The molecule has 0 spiro atoms. The summed E-state index contributed by atoms with van der Waals surface area (Å²) in [7, 11) is 0. The molecule has 2 nitrogen and oxygen atoms in total. The van der Waals surface area contributed by atoms with Gasteiger partial charge in [0.25, 0.3) is 0 Å². The van der Waals surface area contributed by atoms with Crippen LogP contribution in [0.4, 0.5) is 0 Å². The number of hydrogen-bond acceptors (Lipinski definition) is 2. The molecule has 30 heavy (non-hydrogen) atoms. The van der Waals surface area contributed by atoms with E-state index >= 15 is 0 Å². The second-order valence-electron chi connectivity index (χ2n) is 6.71. The Morgan fingerprint density at radius 3 is 2.03 bits per heavy atom. The minimum Gasteiger partial charge on any atom is -0.315 e. The van der Waals surface area contributed by atoms with Crippen LogP contribution in [0, 0.1) is 0 Å². The molecule has 0 amide bonds. The van der Waals surface area contributed by atoms with E-state index in [-0.39, 0.29) is 0 Å². The number of halogens is 2. The second-order valence-corrected chi connectivity index (χ2v) is 8.47. The monoisotopic (exact) mass is 450 g/mol. The van der Waals surface area contributed by atoms with Gasteiger partial charge in [0.1, 0.15) is 0 Å². The summed E-state index contributed by atoms with van der Waals surface area (Å²) >= 11 is 14.4. The van der Waals surface area contributed by atoms with Crippen molar-refractivity contribution in [3.8, 4) is 22.5 Å². The van der Waals surface area contributed by atoms with Gasteiger partial charge in [-0.15, -0.1) is 6.58 Å². The van der Waals surface area contributed by atoms with Crippen molar-refractivity contribution in [3.63, 3.8) is 0 Å². The van der Waals surface area contributed by atoms with Crippen molar-refractivity contribution >= 4 is 35.0 Å². The Bertz CT molecular complexity index is 1130. The topological polar surface area (TPSA) is 17.8 Å². The lowest BCUT2D eigenvalue weighted by Gasteiger charge is -2.12. The van der Waals surface area contributed by atoms with E-state index in [1.54, 1.807) is 11.8 Å². The van der Waals surface area contributed by atoms with Crippen LogP contribution in [0.25, 0.3) is 22.5 Å². The van der Waals surface area contributed by atoms with Gasteiger partial charge in [0.15, 0.2) is 5.16 Å². The highest BCUT2D eigenvalue weighted by molar-refractivity contribution is 7.98. The number of benzene rings is 3. The van der Waals surface area contributed by atoms with Crippen LogP contribution in [0.5, 0.6) is 0 Å². The molecule has 0 saturated carbocycles. The first-order valence-electron chi connectivity index (χ1n) is 9.57. The summed E-state index contributed by atoms with van der Waals surface area (Å²) in [6.45, 7) is 4.62. The molecule has 1 heterocycles. The van der Waals surface area contributed by atoms with Crippen LogP contribution in [0.3, 0.4) is 0 Å². The van der Waals surface area contributed by atoms with E-state index in [1.807, 2.05) is 60.7 Å². The molecule has 3 aromatic carbocycles. The highest BCUT2D eigenvalue weighted by Gasteiger charge is 2.20. The molecule has 0 aliphatic rings. The largest absolute Gasteiger partial charge is 0.315 e. The van der Waals surface area contributed by atoms with E-state index in [0.717, 1.165) is 33.2 Å². The third-order valence-electron chi connectivity index (χ3n) is 4.75. The Hall–Kier alpha value is -2.46. The number of allylic oxidation sites excluding steroid dienone is 1. The Morgan fingerprint density at radius 2 is 1.43 bits per heavy atom. The van der Waals surface area contributed by atoms with Crippen LogP contribution in [-0.2, 0) is 12.3 Å². The van der Waals surface area contributed by atoms with E-state index in [9.17, 15) is 0 Å². The van der Waals surface area contributed by atoms with Crippen LogP contribution < -0.4 is 0 Å². The van der Waals surface area contributed by atoms with Crippen molar-refractivity contribution in [1.29, 1.82) is 0 Å². The molecule has 5 heteroatoms. The molecule has 0 fully saturated rings. The molecular formula is C25H20Cl2N2S. The molecule has 0 N–H and O–H groups in total. The van der Waals surface area contributed by atoms with E-state index in [1.165, 1.54) is 0 Å². The van der Waals surface area contributed by atoms with Crippen molar-refractivity contribution in [2.75, 3.05) is 0 Å². The SMILES string of the molecule is C=CCn1c(SCc2c(Cl)cccc2Cl)nc(-c2ccccc2)c1-c1ccccc1. The van der Waals surface area contributed by atoms with Gasteiger partial charge in [0, 0.05) is 33.5 Å². The maximum Gasteiger partial charge on any atom is 0.169 e. The first kappa shape index (κ1) is 20.8. The second kappa shape index (κ2) is 9.57. The van der Waals surface area contributed by atoms with Gasteiger partial charge in [-0.05, 0) is 17.7 Å². The molecule has 1 aromatic heterocycles. The summed E-state index contributed by atoms with van der Waals surface area (Å²) in [6, 6.07) is 26.2. The Morgan fingerprint density at radius 1 is 0.833 bits per heavy atom. The van der Waals surface area contributed by atoms with Gasteiger partial charge in [-0.2, -0.15) is 0 Å². The molecule has 0 aliphatic heterocycles. The van der Waals surface area contributed by atoms with Crippen LogP contribution in [0.15, 0.2) is 96.7 Å². The lowest BCUT2D eigenvalue weighted by atomic mass is 10.0. The number of imidazole rings is 1. The standard InChI is InChI=1S/C25H20Cl2N2S/c1-2-16-29-24(19-12-7-4-8-13-19)23(18-10-5-3-6-11-18)28-25(29)30-17-20-21(26)14-9-15-22(20)27/h2-15H,1,16-17H2. The number of nitrogens with zero attached hydrogens (tertiary/aromatic N) is 2. The van der Waals surface area contributed by atoms with E-state index in [0.29, 0.717) is 22.3 Å². The van der Waals surface area contributed by atoms with Crippen molar-refractivity contribution in [3.05, 3.63) is 107 Å². The summed E-state index contributed by atoms with van der Waals surface area (Å²) in [5.41, 5.74) is 5.15. The average molecular weight is 451 g/mol. The smallest absolute Gasteiger partial charge is 0.169 e. The molecule has 4 aromatic rings. The quantitative estimate of drug-likeness (QED) is 0.209. The zero-order valence-electron chi connectivity index (χ0n) is 16.3. The predicted molar refractivity (Wildman–Crippen MR) is 129 cm³/mol. The summed E-state index contributed by atoms with van der Waals surface area (Å²) in [5.74, 6) is 0.634. The van der Waals surface area contributed by atoms with Crippen LogP contribution >= 0.6 is 35.0 Å². The number of hydrogen-bond donors (Lipinski definition) is 0. The fraction of sp³-hybridized carbons (Fsp3) is 0.0800. The van der Waals surface area contributed by atoms with Gasteiger partial charge in [0.2, 0.25) is 0 Å². The molecular weight excluding hydrogens is 431 g/mol. The lowest BCUT2D eigenvalue weighted by molar-refractivity contribution is 0.732. The fourth-order valence-electron chi connectivity index (χ4n) is 3.33. The molecule has 0 unspecified atom stereocenters. The van der Waals surface area contributed by atoms with Crippen molar-refractivity contribution in [1.82, 2.24) is 9.55 Å². The summed E-state index contributed by atoms with van der Waals surface area (Å²) in [6.07, 6.45) is 1.90. The van der Waals surface area contributed by atoms with Gasteiger partial charge in [0.05, 0.1) is 11.4 Å². The zero-order valence-corrected chi connectivity index (χ0v) is 18.6. The van der Waals surface area contributed by atoms with Crippen molar-refractivity contribution < 1.29 is 0 Å². The number of thioether (sulfide) groups is 1. The lowest BCUT2D eigenvalue weighted by Crippen LogP contribution is -2.00. The predicted octanol–water partition coefficient (Wildman–Crippen LogP) is 8.00. The Labute approximate surface area is 191 Å². The third-order valence-corrected chi connectivity index (χ3v) is 6.46. The van der Waals surface area contributed by atoms with Crippen molar-refractivity contribution in [2.45, 2.75) is 17.5 Å². The van der Waals surface area contributed by atoms with Gasteiger partial charge in [-0.3, -0.25) is 0 Å². The van der Waals surface area contributed by atoms with Gasteiger partial charge in [-0.25, -0.2) is 4.98 Å².